The summed E-state index contributed by atoms with van der Waals surface area (Å²) in [6.45, 7) is 7.48. The lowest BCUT2D eigenvalue weighted by Crippen LogP contribution is -2.36. The third kappa shape index (κ3) is 3.54. The highest BCUT2D eigenvalue weighted by Gasteiger charge is 2.42. The molecule has 0 unspecified atom stereocenters. The van der Waals surface area contributed by atoms with Crippen LogP contribution in [0.5, 0.6) is 0 Å². The fourth-order valence-corrected chi connectivity index (χ4v) is 4.42. The number of carbonyl (C=O) groups excluding carboxylic acids is 2. The number of ether oxygens (including phenoxy) is 1. The summed E-state index contributed by atoms with van der Waals surface area (Å²) in [4.78, 5) is 41.0. The lowest BCUT2D eigenvalue weighted by molar-refractivity contribution is -0.122. The topological polar surface area (TPSA) is 97.9 Å². The molecule has 0 bridgehead atoms. The molecule has 1 aliphatic carbocycles. The Morgan fingerprint density at radius 2 is 2.03 bits per heavy atom. The number of aromatic nitrogens is 3. The molecule has 0 spiro atoms. The molecule has 31 heavy (non-hydrogen) atoms. The SMILES string of the molecule is CC(C)(C)c1cc2n(CC(=O)NC[C@@H]3CCCO3)c3c(c(=O)n2n1)CN(C1CC1)C3=O. The van der Waals surface area contributed by atoms with Crippen molar-refractivity contribution in [1.29, 1.82) is 0 Å². The molecule has 1 saturated heterocycles. The van der Waals surface area contributed by atoms with Gasteiger partial charge in [-0.25, -0.2) is 0 Å². The zero-order chi connectivity index (χ0) is 21.9. The van der Waals surface area contributed by atoms with Crippen LogP contribution in [0, 0.1) is 0 Å². The Labute approximate surface area is 180 Å². The summed E-state index contributed by atoms with van der Waals surface area (Å²) >= 11 is 0. The molecule has 2 amide bonds. The number of rotatable bonds is 5. The van der Waals surface area contributed by atoms with Crippen LogP contribution in [0.3, 0.4) is 0 Å². The smallest absolute Gasteiger partial charge is 0.280 e. The normalized spacial score (nSPS) is 21.2. The van der Waals surface area contributed by atoms with Crippen molar-refractivity contribution < 1.29 is 14.3 Å². The minimum atomic E-state index is -0.271. The van der Waals surface area contributed by atoms with Gasteiger partial charge in [0.25, 0.3) is 11.5 Å². The monoisotopic (exact) mass is 427 g/mol. The van der Waals surface area contributed by atoms with Gasteiger partial charge in [-0.3, -0.25) is 14.4 Å². The van der Waals surface area contributed by atoms with Crippen molar-refractivity contribution in [2.24, 2.45) is 0 Å². The van der Waals surface area contributed by atoms with Crippen molar-refractivity contribution in [3.05, 3.63) is 33.4 Å². The molecule has 1 atom stereocenters. The first-order valence-corrected chi connectivity index (χ1v) is 11.1. The molecule has 4 heterocycles. The number of hydrogen-bond acceptors (Lipinski definition) is 5. The van der Waals surface area contributed by atoms with E-state index in [1.807, 2.05) is 26.8 Å². The Morgan fingerprint density at radius 3 is 2.68 bits per heavy atom. The summed E-state index contributed by atoms with van der Waals surface area (Å²) in [5.41, 5.74) is 1.44. The van der Waals surface area contributed by atoms with E-state index in [0.717, 1.165) is 38.0 Å². The minimum absolute atomic E-state index is 0.0400. The van der Waals surface area contributed by atoms with Crippen LogP contribution >= 0.6 is 0 Å². The summed E-state index contributed by atoms with van der Waals surface area (Å²) in [6, 6.07) is 2.01. The fraction of sp³-hybridized carbons (Fsp3) is 0.636. The van der Waals surface area contributed by atoms with Gasteiger partial charge in [-0.1, -0.05) is 20.8 Å². The molecule has 9 nitrogen and oxygen atoms in total. The number of carbonyl (C=O) groups is 2. The molecule has 2 fully saturated rings. The molecule has 0 aromatic carbocycles. The molecule has 2 aromatic rings. The lowest BCUT2D eigenvalue weighted by atomic mass is 9.93. The molecule has 9 heteroatoms. The zero-order valence-corrected chi connectivity index (χ0v) is 18.3. The van der Waals surface area contributed by atoms with Gasteiger partial charge in [0.15, 0.2) is 0 Å². The largest absolute Gasteiger partial charge is 0.376 e. The zero-order valence-electron chi connectivity index (χ0n) is 18.3. The van der Waals surface area contributed by atoms with Gasteiger partial charge in [0.05, 0.1) is 23.9 Å². The van der Waals surface area contributed by atoms with Gasteiger partial charge in [-0.2, -0.15) is 9.61 Å². The van der Waals surface area contributed by atoms with Crippen LogP contribution in [0.4, 0.5) is 0 Å². The number of nitrogens with zero attached hydrogens (tertiary/aromatic N) is 4. The third-order valence-corrected chi connectivity index (χ3v) is 6.37. The number of nitrogens with one attached hydrogen (secondary N) is 1. The summed E-state index contributed by atoms with van der Waals surface area (Å²) < 4.78 is 8.61. The Morgan fingerprint density at radius 1 is 1.26 bits per heavy atom. The second kappa shape index (κ2) is 7.19. The summed E-state index contributed by atoms with van der Waals surface area (Å²) in [7, 11) is 0. The minimum Gasteiger partial charge on any atom is -0.376 e. The predicted octanol–water partition coefficient (Wildman–Crippen LogP) is 1.21. The number of fused-ring (bicyclic) bond motifs is 2. The van der Waals surface area contributed by atoms with E-state index >= 15 is 0 Å². The third-order valence-electron chi connectivity index (χ3n) is 6.37. The maximum Gasteiger partial charge on any atom is 0.280 e. The molecule has 0 radical (unpaired) electrons. The predicted molar refractivity (Wildman–Crippen MR) is 113 cm³/mol. The maximum atomic E-state index is 13.2. The van der Waals surface area contributed by atoms with E-state index in [-0.39, 0.29) is 48.0 Å². The fourth-order valence-electron chi connectivity index (χ4n) is 4.42. The molecular weight excluding hydrogens is 398 g/mol. The van der Waals surface area contributed by atoms with Crippen LogP contribution in [0.1, 0.15) is 68.2 Å². The highest BCUT2D eigenvalue weighted by atomic mass is 16.5. The first-order chi connectivity index (χ1) is 14.7. The Balaban J connectivity index is 1.55. The van der Waals surface area contributed by atoms with Gasteiger partial charge < -0.3 is 19.5 Å². The van der Waals surface area contributed by atoms with E-state index in [0.29, 0.717) is 23.4 Å². The average molecular weight is 428 g/mol. The number of amides is 2. The van der Waals surface area contributed by atoms with E-state index in [4.69, 9.17) is 4.74 Å². The van der Waals surface area contributed by atoms with Crippen LogP contribution in [0.25, 0.3) is 5.65 Å². The Kier molecular flexibility index (Phi) is 4.69. The summed E-state index contributed by atoms with van der Waals surface area (Å²) in [5.74, 6) is -0.373. The van der Waals surface area contributed by atoms with Crippen molar-refractivity contribution in [2.75, 3.05) is 13.2 Å². The lowest BCUT2D eigenvalue weighted by Gasteiger charge is -2.16. The van der Waals surface area contributed by atoms with E-state index in [2.05, 4.69) is 10.4 Å². The molecule has 2 aliphatic heterocycles. The van der Waals surface area contributed by atoms with Crippen LogP contribution < -0.4 is 10.9 Å². The highest BCUT2D eigenvalue weighted by molar-refractivity contribution is 5.98. The molecule has 1 saturated carbocycles. The van der Waals surface area contributed by atoms with Crippen molar-refractivity contribution in [1.82, 2.24) is 24.4 Å². The highest BCUT2D eigenvalue weighted by Crippen LogP contribution is 2.34. The van der Waals surface area contributed by atoms with E-state index in [1.54, 1.807) is 9.47 Å². The molecule has 1 N–H and O–H groups in total. The Bertz CT molecular complexity index is 1120. The van der Waals surface area contributed by atoms with Gasteiger partial charge in [0, 0.05) is 30.7 Å². The van der Waals surface area contributed by atoms with Gasteiger partial charge in [0.1, 0.15) is 17.9 Å². The standard InChI is InChI=1S/C22H29N5O4/c1-22(2,3)16-9-18-26(12-17(28)23-10-14-5-4-8-31-14)19-15(20(29)27(18)24-16)11-25(21(19)30)13-6-7-13/h9,13-14H,4-8,10-12H2,1-3H3,(H,23,28)/t14-/m0/s1. The van der Waals surface area contributed by atoms with E-state index in [9.17, 15) is 14.4 Å². The Hall–Kier alpha value is -2.68. The van der Waals surface area contributed by atoms with Gasteiger partial charge >= 0.3 is 0 Å². The van der Waals surface area contributed by atoms with Crippen molar-refractivity contribution >= 4 is 17.5 Å². The summed E-state index contributed by atoms with van der Waals surface area (Å²) in [6.07, 6.45) is 3.90. The maximum absolute atomic E-state index is 13.2. The molecule has 166 valence electrons. The first kappa shape index (κ1) is 20.2. The van der Waals surface area contributed by atoms with Crippen LogP contribution in [0.2, 0.25) is 0 Å². The first-order valence-electron chi connectivity index (χ1n) is 11.1. The summed E-state index contributed by atoms with van der Waals surface area (Å²) in [5, 5.41) is 7.47. The van der Waals surface area contributed by atoms with Gasteiger partial charge in [-0.05, 0) is 25.7 Å². The molecule has 3 aliphatic rings. The van der Waals surface area contributed by atoms with Crippen LogP contribution in [-0.4, -0.2) is 56.2 Å². The number of hydrogen-bond donors (Lipinski definition) is 1. The van der Waals surface area contributed by atoms with Crippen molar-refractivity contribution in [2.45, 2.75) is 77.1 Å². The van der Waals surface area contributed by atoms with Gasteiger partial charge in [0.2, 0.25) is 5.91 Å². The van der Waals surface area contributed by atoms with Crippen molar-refractivity contribution in [3.8, 4) is 0 Å². The average Bonchev–Trinajstić information content (AvgIpc) is 3.12. The van der Waals surface area contributed by atoms with Crippen LogP contribution in [-0.2, 0) is 28.0 Å². The quantitative estimate of drug-likeness (QED) is 0.773. The molecular formula is C22H29N5O4. The molecule has 2 aromatic heterocycles. The van der Waals surface area contributed by atoms with E-state index < -0.39 is 0 Å². The molecule has 5 rings (SSSR count). The van der Waals surface area contributed by atoms with E-state index in [1.165, 1.54) is 4.52 Å². The second-order valence-corrected chi connectivity index (χ2v) is 9.87. The van der Waals surface area contributed by atoms with Crippen LogP contribution in [0.15, 0.2) is 10.9 Å². The second-order valence-electron chi connectivity index (χ2n) is 9.87. The van der Waals surface area contributed by atoms with Crippen molar-refractivity contribution in [3.63, 3.8) is 0 Å². The van der Waals surface area contributed by atoms with Gasteiger partial charge in [-0.15, -0.1) is 0 Å².